The van der Waals surface area contributed by atoms with Crippen molar-refractivity contribution < 1.29 is 14.3 Å². The number of aliphatic carboxylic acids is 1. The number of carboxylic acids is 1. The van der Waals surface area contributed by atoms with Crippen LogP contribution in [-0.4, -0.2) is 16.1 Å². The lowest BCUT2D eigenvalue weighted by atomic mass is 9.96. The number of rotatable bonds is 3. The van der Waals surface area contributed by atoms with Gasteiger partial charge < -0.3 is 9.52 Å². The first kappa shape index (κ1) is 10.5. The van der Waals surface area contributed by atoms with Crippen molar-refractivity contribution in [3.63, 3.8) is 0 Å². The lowest BCUT2D eigenvalue weighted by Gasteiger charge is -2.09. The Kier molecular flexibility index (Phi) is 2.52. The third-order valence-electron chi connectivity index (χ3n) is 2.55. The van der Waals surface area contributed by atoms with Crippen LogP contribution in [0.2, 0.25) is 0 Å². The van der Waals surface area contributed by atoms with Crippen LogP contribution in [0.5, 0.6) is 0 Å². The van der Waals surface area contributed by atoms with E-state index in [9.17, 15) is 9.59 Å². The third-order valence-corrected chi connectivity index (χ3v) is 2.55. The highest BCUT2D eigenvalue weighted by atomic mass is 16.4. The first-order valence-corrected chi connectivity index (χ1v) is 4.97. The van der Waals surface area contributed by atoms with Crippen LogP contribution in [0.4, 0.5) is 0 Å². The van der Waals surface area contributed by atoms with Gasteiger partial charge in [0.1, 0.15) is 0 Å². The molecular formula is C11H11NO4. The molecule has 0 radical (unpaired) electrons. The van der Waals surface area contributed by atoms with Gasteiger partial charge in [-0.15, -0.1) is 0 Å². The molecule has 0 aliphatic rings. The zero-order valence-corrected chi connectivity index (χ0v) is 8.69. The van der Waals surface area contributed by atoms with Gasteiger partial charge in [0, 0.05) is 0 Å². The number of hydrogen-bond acceptors (Lipinski definition) is 3. The Balaban J connectivity index is 2.53. The maximum Gasteiger partial charge on any atom is 0.417 e. The Morgan fingerprint density at radius 2 is 2.31 bits per heavy atom. The van der Waals surface area contributed by atoms with Crippen molar-refractivity contribution in [1.82, 2.24) is 4.98 Å². The summed E-state index contributed by atoms with van der Waals surface area (Å²) in [5.41, 5.74) is 1.63. The van der Waals surface area contributed by atoms with Gasteiger partial charge in [-0.1, -0.05) is 13.0 Å². The molecule has 2 rings (SSSR count). The van der Waals surface area contributed by atoms with Crippen molar-refractivity contribution >= 4 is 17.1 Å². The molecule has 0 fully saturated rings. The second-order valence-corrected chi connectivity index (χ2v) is 3.57. The number of H-pyrrole nitrogens is 1. The Hall–Kier alpha value is -2.04. The molecule has 1 heterocycles. The van der Waals surface area contributed by atoms with Crippen LogP contribution in [0, 0.1) is 0 Å². The summed E-state index contributed by atoms with van der Waals surface area (Å²) < 4.78 is 4.84. The zero-order chi connectivity index (χ0) is 11.7. The highest BCUT2D eigenvalue weighted by Crippen LogP contribution is 2.22. The number of carboxylic acid groups (broad SMARTS) is 1. The molecule has 1 atom stereocenters. The molecule has 0 bridgehead atoms. The van der Waals surface area contributed by atoms with Gasteiger partial charge in [0.05, 0.1) is 11.4 Å². The van der Waals surface area contributed by atoms with Gasteiger partial charge in [0.2, 0.25) is 0 Å². The van der Waals surface area contributed by atoms with E-state index in [2.05, 4.69) is 4.98 Å². The fourth-order valence-electron chi connectivity index (χ4n) is 1.74. The molecule has 1 unspecified atom stereocenters. The van der Waals surface area contributed by atoms with Gasteiger partial charge in [0.25, 0.3) is 0 Å². The maximum atomic E-state index is 11.0. The summed E-state index contributed by atoms with van der Waals surface area (Å²) in [6.45, 7) is 1.81. The monoisotopic (exact) mass is 221 g/mol. The van der Waals surface area contributed by atoms with Gasteiger partial charge in [-0.05, 0) is 24.1 Å². The Bertz CT molecular complexity index is 581. The molecule has 0 amide bonds. The second-order valence-electron chi connectivity index (χ2n) is 3.57. The molecule has 0 spiro atoms. The number of aromatic nitrogens is 1. The summed E-state index contributed by atoms with van der Waals surface area (Å²) in [6.07, 6.45) is 0.503. The lowest BCUT2D eigenvalue weighted by molar-refractivity contribution is -0.138. The van der Waals surface area contributed by atoms with Gasteiger partial charge in [-0.3, -0.25) is 9.78 Å². The molecule has 0 aliphatic carbocycles. The second kappa shape index (κ2) is 3.84. The number of oxazole rings is 1. The fourth-order valence-corrected chi connectivity index (χ4v) is 1.74. The predicted octanol–water partition coefficient (Wildman–Crippen LogP) is 1.70. The van der Waals surface area contributed by atoms with Crippen LogP contribution < -0.4 is 5.76 Å². The fraction of sp³-hybridized carbons (Fsp3) is 0.273. The summed E-state index contributed by atoms with van der Waals surface area (Å²) in [7, 11) is 0. The Morgan fingerprint density at radius 3 is 2.94 bits per heavy atom. The number of carbonyl (C=O) groups is 1. The molecule has 0 saturated carbocycles. The minimum atomic E-state index is -0.868. The number of nitrogens with one attached hydrogen (secondary N) is 1. The molecule has 5 heteroatoms. The molecule has 2 aromatic rings. The Labute approximate surface area is 90.7 Å². The summed E-state index contributed by atoms with van der Waals surface area (Å²) in [5.74, 6) is -1.95. The molecule has 2 N–H and O–H groups in total. The summed E-state index contributed by atoms with van der Waals surface area (Å²) in [6, 6.07) is 4.91. The largest absolute Gasteiger partial charge is 0.481 e. The van der Waals surface area contributed by atoms with E-state index in [1.807, 2.05) is 0 Å². The number of fused-ring (bicyclic) bond motifs is 1. The number of benzene rings is 1. The van der Waals surface area contributed by atoms with E-state index in [1.54, 1.807) is 25.1 Å². The average Bonchev–Trinajstić information content (AvgIpc) is 2.57. The highest BCUT2D eigenvalue weighted by molar-refractivity contribution is 5.79. The molecule has 1 aromatic heterocycles. The normalized spacial score (nSPS) is 12.8. The lowest BCUT2D eigenvalue weighted by Crippen LogP contribution is -2.10. The van der Waals surface area contributed by atoms with Gasteiger partial charge in [0.15, 0.2) is 5.58 Å². The maximum absolute atomic E-state index is 11.0. The number of hydrogen-bond donors (Lipinski definition) is 2. The van der Waals surface area contributed by atoms with E-state index < -0.39 is 17.6 Å². The quantitative estimate of drug-likeness (QED) is 0.826. The minimum Gasteiger partial charge on any atom is -0.481 e. The van der Waals surface area contributed by atoms with Crippen molar-refractivity contribution in [1.29, 1.82) is 0 Å². The summed E-state index contributed by atoms with van der Waals surface area (Å²) in [5, 5.41) is 9.01. The van der Waals surface area contributed by atoms with Crippen molar-refractivity contribution in [2.45, 2.75) is 19.3 Å². The van der Waals surface area contributed by atoms with Crippen LogP contribution in [-0.2, 0) is 4.79 Å². The van der Waals surface area contributed by atoms with Crippen molar-refractivity contribution in [2.24, 2.45) is 0 Å². The van der Waals surface area contributed by atoms with E-state index in [4.69, 9.17) is 9.52 Å². The molecule has 1 aromatic carbocycles. The molecule has 5 nitrogen and oxygen atoms in total. The van der Waals surface area contributed by atoms with Gasteiger partial charge in [-0.2, -0.15) is 0 Å². The smallest absolute Gasteiger partial charge is 0.417 e. The number of aromatic amines is 1. The zero-order valence-electron chi connectivity index (χ0n) is 8.69. The van der Waals surface area contributed by atoms with Crippen LogP contribution in [0.1, 0.15) is 24.8 Å². The van der Waals surface area contributed by atoms with E-state index in [0.29, 0.717) is 23.1 Å². The van der Waals surface area contributed by atoms with Crippen LogP contribution in [0.25, 0.3) is 11.1 Å². The molecular weight excluding hydrogens is 210 g/mol. The van der Waals surface area contributed by atoms with Crippen molar-refractivity contribution in [2.75, 3.05) is 0 Å². The summed E-state index contributed by atoms with van der Waals surface area (Å²) >= 11 is 0. The van der Waals surface area contributed by atoms with Gasteiger partial charge >= 0.3 is 11.7 Å². The van der Waals surface area contributed by atoms with Gasteiger partial charge in [-0.25, -0.2) is 4.79 Å². The van der Waals surface area contributed by atoms with Crippen LogP contribution in [0.3, 0.4) is 0 Å². The van der Waals surface area contributed by atoms with Crippen LogP contribution in [0.15, 0.2) is 27.4 Å². The van der Waals surface area contributed by atoms with Crippen LogP contribution >= 0.6 is 0 Å². The standard InChI is InChI=1S/C11H11NO4/c1-2-7(10(13)14)6-3-4-9-8(5-6)12-11(15)16-9/h3-5,7H,2H2,1H3,(H,12,15)(H,13,14). The highest BCUT2D eigenvalue weighted by Gasteiger charge is 2.18. The molecule has 16 heavy (non-hydrogen) atoms. The molecule has 84 valence electrons. The predicted molar refractivity (Wildman–Crippen MR) is 57.5 cm³/mol. The first-order valence-electron chi connectivity index (χ1n) is 4.97. The van der Waals surface area contributed by atoms with E-state index in [0.717, 1.165) is 0 Å². The van der Waals surface area contributed by atoms with E-state index in [-0.39, 0.29) is 0 Å². The topological polar surface area (TPSA) is 83.3 Å². The first-order chi connectivity index (χ1) is 7.61. The van der Waals surface area contributed by atoms with E-state index >= 15 is 0 Å². The minimum absolute atomic E-state index is 0.439. The average molecular weight is 221 g/mol. The van der Waals surface area contributed by atoms with Crippen molar-refractivity contribution in [3.05, 3.63) is 34.3 Å². The van der Waals surface area contributed by atoms with E-state index in [1.165, 1.54) is 0 Å². The van der Waals surface area contributed by atoms with Crippen molar-refractivity contribution in [3.8, 4) is 0 Å². The molecule has 0 saturated heterocycles. The SMILES string of the molecule is CCC(C(=O)O)c1ccc2oc(=O)[nH]c2c1. The summed E-state index contributed by atoms with van der Waals surface area (Å²) in [4.78, 5) is 24.4. The molecule has 0 aliphatic heterocycles. The Morgan fingerprint density at radius 1 is 1.56 bits per heavy atom. The third kappa shape index (κ3) is 1.71.